The van der Waals surface area contributed by atoms with E-state index in [0.717, 1.165) is 24.3 Å². The summed E-state index contributed by atoms with van der Waals surface area (Å²) in [6.45, 7) is 11.3. The summed E-state index contributed by atoms with van der Waals surface area (Å²) in [5.41, 5.74) is 1.45. The molecule has 0 saturated carbocycles. The van der Waals surface area contributed by atoms with Crippen molar-refractivity contribution in [1.82, 2.24) is 15.5 Å². The highest BCUT2D eigenvalue weighted by atomic mass is 16.6. The first kappa shape index (κ1) is 37.9. The van der Waals surface area contributed by atoms with Gasteiger partial charge in [0.05, 0.1) is 20.6 Å². The fourth-order valence-electron chi connectivity index (χ4n) is 3.44. The van der Waals surface area contributed by atoms with Gasteiger partial charge in [0, 0.05) is 44.3 Å². The van der Waals surface area contributed by atoms with Gasteiger partial charge in [-0.25, -0.2) is 0 Å². The average molecular weight is 591 g/mol. The topological polar surface area (TPSA) is 155 Å². The SMILES string of the molecule is CC(=O)OC(C)(C)C.CC(C)C(NC(=O)CCN(C)C(=O)/C=C\C=O)C(=O)NCC(=O)Nc1ccc(C[NH+](C)C)cc1. The Hall–Kier alpha value is -4.06. The number of likely N-dealkylation sites (N-methyl/N-ethyl adjacent to an activating group) is 1. The van der Waals surface area contributed by atoms with Gasteiger partial charge in [0.2, 0.25) is 23.6 Å². The van der Waals surface area contributed by atoms with Crippen molar-refractivity contribution in [3.63, 3.8) is 0 Å². The molecule has 12 heteroatoms. The lowest BCUT2D eigenvalue weighted by Gasteiger charge is -2.22. The summed E-state index contributed by atoms with van der Waals surface area (Å²) >= 11 is 0. The van der Waals surface area contributed by atoms with Gasteiger partial charge in [0.1, 0.15) is 24.5 Å². The summed E-state index contributed by atoms with van der Waals surface area (Å²) in [5.74, 6) is -2.10. The Labute approximate surface area is 249 Å². The molecule has 1 rings (SSSR count). The lowest BCUT2D eigenvalue weighted by atomic mass is 10.0. The quantitative estimate of drug-likeness (QED) is 0.148. The molecule has 0 saturated heterocycles. The second-order valence-corrected chi connectivity index (χ2v) is 11.3. The second kappa shape index (κ2) is 19.1. The minimum Gasteiger partial charge on any atom is -0.460 e. The zero-order chi connectivity index (χ0) is 32.5. The van der Waals surface area contributed by atoms with Gasteiger partial charge in [-0.15, -0.1) is 0 Å². The van der Waals surface area contributed by atoms with Gasteiger partial charge in [0.15, 0.2) is 0 Å². The minimum atomic E-state index is -0.830. The van der Waals surface area contributed by atoms with Crippen molar-refractivity contribution in [1.29, 1.82) is 0 Å². The summed E-state index contributed by atoms with van der Waals surface area (Å²) in [5, 5.41) is 7.94. The molecule has 1 aromatic rings. The molecule has 0 bridgehead atoms. The van der Waals surface area contributed by atoms with Gasteiger partial charge in [-0.1, -0.05) is 26.0 Å². The van der Waals surface area contributed by atoms with Crippen molar-refractivity contribution in [3.8, 4) is 0 Å². The summed E-state index contributed by atoms with van der Waals surface area (Å²) in [6.07, 6.45) is 2.67. The monoisotopic (exact) mass is 590 g/mol. The predicted molar refractivity (Wildman–Crippen MR) is 160 cm³/mol. The zero-order valence-electron chi connectivity index (χ0n) is 26.3. The van der Waals surface area contributed by atoms with Crippen LogP contribution >= 0.6 is 0 Å². The molecule has 0 aliphatic carbocycles. The first-order valence-corrected chi connectivity index (χ1v) is 13.8. The largest absolute Gasteiger partial charge is 0.460 e. The molecular formula is C30H48N5O7+. The molecule has 0 aliphatic rings. The fourth-order valence-corrected chi connectivity index (χ4v) is 3.44. The molecule has 1 atom stereocenters. The maximum absolute atomic E-state index is 12.6. The van der Waals surface area contributed by atoms with E-state index in [2.05, 4.69) is 30.0 Å². The van der Waals surface area contributed by atoms with Crippen molar-refractivity contribution in [2.75, 3.05) is 39.5 Å². The lowest BCUT2D eigenvalue weighted by Crippen LogP contribution is -3.04. The predicted octanol–water partition coefficient (Wildman–Crippen LogP) is 0.478. The number of aldehydes is 1. The highest BCUT2D eigenvalue weighted by molar-refractivity contribution is 5.96. The molecule has 0 aromatic heterocycles. The summed E-state index contributed by atoms with van der Waals surface area (Å²) in [6, 6.07) is 6.67. The number of hydrogen-bond donors (Lipinski definition) is 4. The van der Waals surface area contributed by atoms with Crippen LogP contribution in [0.3, 0.4) is 0 Å². The molecule has 12 nitrogen and oxygen atoms in total. The highest BCUT2D eigenvalue weighted by Gasteiger charge is 2.24. The van der Waals surface area contributed by atoms with Crippen molar-refractivity contribution < 1.29 is 38.4 Å². The van der Waals surface area contributed by atoms with Crippen LogP contribution in [0.4, 0.5) is 5.69 Å². The Balaban J connectivity index is 0.00000183. The Morgan fingerprint density at radius 3 is 2.07 bits per heavy atom. The summed E-state index contributed by atoms with van der Waals surface area (Å²) in [4.78, 5) is 71.9. The molecule has 0 fully saturated rings. The number of hydrogen-bond acceptors (Lipinski definition) is 7. The number of carbonyl (C=O) groups excluding carboxylic acids is 6. The van der Waals surface area contributed by atoms with E-state index >= 15 is 0 Å². The Morgan fingerprint density at radius 1 is 1.02 bits per heavy atom. The number of esters is 1. The lowest BCUT2D eigenvalue weighted by molar-refractivity contribution is -0.872. The standard InChI is InChI=1S/C24H35N5O5.C6H12O2/c1-17(2)23(27-20(31)12-13-29(5)22(33)7-6-14-30)24(34)25-15-21(32)26-19-10-8-18(9-11-19)16-28(3)4;1-5(7)8-6(2,3)4/h6-11,14,17,23H,12-13,15-16H2,1-5H3,(H,25,34)(H,26,32)(H,27,31);1-4H3/p+1/b7-6-;. The molecular weight excluding hydrogens is 542 g/mol. The zero-order valence-corrected chi connectivity index (χ0v) is 26.3. The van der Waals surface area contributed by atoms with E-state index < -0.39 is 23.8 Å². The van der Waals surface area contributed by atoms with Gasteiger partial charge in [0.25, 0.3) is 0 Å². The van der Waals surface area contributed by atoms with Crippen LogP contribution in [0.15, 0.2) is 36.4 Å². The fraction of sp³-hybridized carbons (Fsp3) is 0.533. The van der Waals surface area contributed by atoms with Gasteiger partial charge in [-0.05, 0) is 44.9 Å². The Morgan fingerprint density at radius 2 is 1.62 bits per heavy atom. The molecule has 0 aliphatic heterocycles. The molecule has 42 heavy (non-hydrogen) atoms. The third-order valence-electron chi connectivity index (χ3n) is 5.30. The molecule has 1 unspecified atom stereocenters. The third kappa shape index (κ3) is 18.3. The van der Waals surface area contributed by atoms with Crippen LogP contribution in [0.25, 0.3) is 0 Å². The van der Waals surface area contributed by atoms with Gasteiger partial charge < -0.3 is 30.5 Å². The number of anilines is 1. The summed E-state index contributed by atoms with van der Waals surface area (Å²) < 4.78 is 4.80. The maximum atomic E-state index is 12.6. The number of quaternary nitrogens is 1. The minimum absolute atomic E-state index is 0.0144. The van der Waals surface area contributed by atoms with E-state index in [1.165, 1.54) is 23.8 Å². The van der Waals surface area contributed by atoms with Crippen LogP contribution in [0.5, 0.6) is 0 Å². The Kier molecular flexibility index (Phi) is 17.3. The van der Waals surface area contributed by atoms with Crippen molar-refractivity contribution in [2.24, 2.45) is 5.92 Å². The summed E-state index contributed by atoms with van der Waals surface area (Å²) in [7, 11) is 5.62. The normalized spacial score (nSPS) is 11.7. The van der Waals surface area contributed by atoms with Crippen molar-refractivity contribution >= 4 is 41.6 Å². The van der Waals surface area contributed by atoms with Gasteiger partial charge in [-0.3, -0.25) is 28.8 Å². The molecule has 0 radical (unpaired) electrons. The molecule has 0 heterocycles. The van der Waals surface area contributed by atoms with E-state index in [1.807, 2.05) is 45.0 Å². The van der Waals surface area contributed by atoms with Crippen LogP contribution in [0.1, 0.15) is 53.5 Å². The first-order valence-electron chi connectivity index (χ1n) is 13.8. The van der Waals surface area contributed by atoms with E-state index in [4.69, 9.17) is 4.74 Å². The number of nitrogens with zero attached hydrogens (tertiary/aromatic N) is 1. The van der Waals surface area contributed by atoms with E-state index in [1.54, 1.807) is 13.8 Å². The smallest absolute Gasteiger partial charge is 0.303 e. The van der Waals surface area contributed by atoms with Gasteiger partial charge in [-0.2, -0.15) is 0 Å². The van der Waals surface area contributed by atoms with E-state index in [-0.39, 0.29) is 42.9 Å². The van der Waals surface area contributed by atoms with Gasteiger partial charge >= 0.3 is 5.97 Å². The number of benzene rings is 1. The highest BCUT2D eigenvalue weighted by Crippen LogP contribution is 2.09. The van der Waals surface area contributed by atoms with Crippen LogP contribution < -0.4 is 20.9 Å². The molecule has 4 N–H and O–H groups in total. The number of nitrogens with one attached hydrogen (secondary N) is 4. The number of rotatable bonds is 13. The molecule has 0 spiro atoms. The number of carbonyl (C=O) groups is 6. The number of amides is 4. The van der Waals surface area contributed by atoms with Crippen molar-refractivity contribution in [2.45, 2.75) is 66.2 Å². The molecule has 4 amide bonds. The average Bonchev–Trinajstić information content (AvgIpc) is 2.87. The number of allylic oxidation sites excluding steroid dienone is 1. The van der Waals surface area contributed by atoms with Crippen LogP contribution in [-0.2, 0) is 40.0 Å². The van der Waals surface area contributed by atoms with Crippen molar-refractivity contribution in [3.05, 3.63) is 42.0 Å². The van der Waals surface area contributed by atoms with E-state index in [0.29, 0.717) is 12.0 Å². The number of ether oxygens (including phenoxy) is 1. The maximum Gasteiger partial charge on any atom is 0.303 e. The molecule has 234 valence electrons. The van der Waals surface area contributed by atoms with E-state index in [9.17, 15) is 28.8 Å². The molecule has 1 aromatic carbocycles. The van der Waals surface area contributed by atoms with Crippen LogP contribution in [0, 0.1) is 5.92 Å². The van der Waals surface area contributed by atoms with Crippen LogP contribution in [-0.4, -0.2) is 86.7 Å². The van der Waals surface area contributed by atoms with Crippen LogP contribution in [0.2, 0.25) is 0 Å². The third-order valence-corrected chi connectivity index (χ3v) is 5.30. The first-order chi connectivity index (χ1) is 19.4. The Bertz CT molecular complexity index is 1080. The second-order valence-electron chi connectivity index (χ2n) is 11.3.